The smallest absolute Gasteiger partial charge is 0.426 e. The Hall–Kier alpha value is -7.65. The molecular weight excluding hydrogens is 1390 g/mol. The first-order chi connectivity index (χ1) is 47.3. The Kier molecular flexibility index (Phi) is 29.3. The predicted octanol–water partition coefficient (Wildman–Crippen LogP) is 17.2. The van der Waals surface area contributed by atoms with Crippen LogP contribution in [0.1, 0.15) is 195 Å². The predicted molar refractivity (Wildman–Crippen MR) is 359 cm³/mol. The first-order valence-corrected chi connectivity index (χ1v) is 36.4. The molecule has 6 aromatic rings. The Morgan fingerprint density at radius 3 is 1.54 bits per heavy atom. The van der Waals surface area contributed by atoms with Crippen molar-refractivity contribution in [1.29, 1.82) is 0 Å². The van der Waals surface area contributed by atoms with E-state index in [9.17, 15) is 81.2 Å². The number of aromatic nitrogens is 2. The number of phenols is 1. The van der Waals surface area contributed by atoms with Crippen molar-refractivity contribution in [3.63, 3.8) is 0 Å². The molecule has 4 bridgehead atoms. The number of halogens is 10. The minimum Gasteiger partial charge on any atom is -0.870 e. The largest absolute Gasteiger partial charge is 0.870 e. The Balaban J connectivity index is 0.000000232. The van der Waals surface area contributed by atoms with E-state index in [2.05, 4.69) is 62.0 Å². The molecule has 0 aliphatic heterocycles. The number of rotatable bonds is 18. The number of carboxylic acids is 1. The molecule has 1 aromatic heterocycles. The molecule has 5 aliphatic rings. The van der Waals surface area contributed by atoms with Gasteiger partial charge in [0.2, 0.25) is 12.4 Å². The SMILES string of the molecule is CCC(C)(C)C(=O)OC1(C)CCCC1.CCC(C)(C)C(=O)OC12CC3CC(C1)CC(C(=O)OC(CS(=O)(=O)[O-])C(F)(F)F)(C3)C2.CCC(C)(C)[n+]1cc[nH]c1.CCC(C)c1cccc(O)c1.Fc1ccc([S+](c2ccc(F)cc2)c2ccc(F)cc2)cc1.O=C(O)c1c([O-])c(F)c(F)c(F)c1F. The molecule has 0 spiro atoms. The number of aromatic amines is 1. The molecule has 5 fully saturated rings. The van der Waals surface area contributed by atoms with Gasteiger partial charge >= 0.3 is 30.1 Å². The number of benzene rings is 5. The average Bonchev–Trinajstić information content (AvgIpc) is 0.787. The molecule has 1 heterocycles. The number of nitrogens with one attached hydrogen (secondary N) is 1. The van der Waals surface area contributed by atoms with E-state index in [0.717, 1.165) is 53.2 Å². The van der Waals surface area contributed by atoms with Gasteiger partial charge in [-0.3, -0.25) is 19.4 Å². The summed E-state index contributed by atoms with van der Waals surface area (Å²) in [7, 11) is -5.81. The van der Waals surface area contributed by atoms with Crippen LogP contribution in [0.4, 0.5) is 43.9 Å². The number of nitrogens with zero attached hydrogens (tertiary/aromatic N) is 1. The molecule has 4 atom stereocenters. The fourth-order valence-electron chi connectivity index (χ4n) is 12.2. The second-order valence-corrected chi connectivity index (χ2v) is 32.0. The van der Waals surface area contributed by atoms with Crippen LogP contribution in [0.5, 0.6) is 11.5 Å². The fourth-order valence-corrected chi connectivity index (χ4v) is 14.9. The first-order valence-electron chi connectivity index (χ1n) is 33.6. The number of carboxylic acid groups (broad SMARTS) is 1. The van der Waals surface area contributed by atoms with Gasteiger partial charge in [-0.25, -0.2) is 48.5 Å². The van der Waals surface area contributed by atoms with Crippen molar-refractivity contribution in [2.45, 2.75) is 223 Å². The van der Waals surface area contributed by atoms with Crippen LogP contribution in [0.15, 0.2) is 130 Å². The van der Waals surface area contributed by atoms with Gasteiger partial charge in [0.15, 0.2) is 38.0 Å². The number of phenolic OH excluding ortho intramolecular Hbond substituents is 1. The van der Waals surface area contributed by atoms with Crippen molar-refractivity contribution < 1.29 is 110 Å². The number of carbonyl (C=O) groups is 4. The van der Waals surface area contributed by atoms with Gasteiger partial charge in [0.1, 0.15) is 52.3 Å². The van der Waals surface area contributed by atoms with Crippen LogP contribution in [-0.4, -0.2) is 81.3 Å². The molecule has 5 saturated carbocycles. The van der Waals surface area contributed by atoms with Crippen LogP contribution in [0.3, 0.4) is 0 Å². The summed E-state index contributed by atoms with van der Waals surface area (Å²) in [5.74, 6) is -16.8. The topological polar surface area (TPSA) is 236 Å². The molecule has 0 radical (unpaired) electrons. The molecule has 4 unspecified atom stereocenters. The van der Waals surface area contributed by atoms with E-state index in [1.54, 1.807) is 56.3 Å². The van der Waals surface area contributed by atoms with Crippen LogP contribution in [-0.2, 0) is 55.1 Å². The molecule has 5 aromatic carbocycles. The standard InChI is InChI=1S/C20H29F3O7S.C18H12F3S.C12H22O2.C10H14O.C8H14N2.C7H2F4O3/c1-4-17(2,3)15(24)30-19-8-12-5-13(9-19)7-18(6-12,11-19)16(25)29-14(20(21,22)23)10-31(26,27)28;19-13-1-7-16(8-2-13)22(17-9-3-14(20)4-10-17)18-11-5-15(21)6-12-18;1-5-11(2,3)10(13)14-12(4)8-6-7-9-12;1-3-8(2)9-5-4-6-10(11)7-9;1-4-8(2,3)10-6-5-9-7-10;8-2-1(7(13)14)6(12)5(11)4(10)3(2)9/h12-14H,4-11H2,1-3H3,(H,26,27,28);1-12H;5-9H2,1-4H3;4-8,11H,3H2,1-2H3;5-7H,4H2,1-3H3;12H,(H,13,14)/q;+1;;;;/p-1. The zero-order chi connectivity index (χ0) is 76.7. The van der Waals surface area contributed by atoms with Crippen molar-refractivity contribution in [1.82, 2.24) is 4.98 Å². The Labute approximate surface area is 592 Å². The zero-order valence-corrected chi connectivity index (χ0v) is 60.9. The monoisotopic (exact) mass is 1480 g/mol. The van der Waals surface area contributed by atoms with Crippen molar-refractivity contribution in [2.75, 3.05) is 5.75 Å². The van der Waals surface area contributed by atoms with Gasteiger partial charge < -0.3 is 34.1 Å². The lowest BCUT2D eigenvalue weighted by molar-refractivity contribution is -0.757. The number of hydrogen-bond acceptors (Lipinski definition) is 12. The third-order valence-corrected chi connectivity index (χ3v) is 22.3. The molecule has 0 saturated heterocycles. The van der Waals surface area contributed by atoms with E-state index in [1.807, 2.05) is 58.4 Å². The van der Waals surface area contributed by atoms with Gasteiger partial charge in [-0.1, -0.05) is 52.5 Å². The highest BCUT2D eigenvalue weighted by Gasteiger charge is 2.64. The molecular formula is C75H92F10N2O13S2. The first kappa shape index (κ1) is 85.0. The maximum absolute atomic E-state index is 13.3. The summed E-state index contributed by atoms with van der Waals surface area (Å²) in [6.07, 6.45) is 8.38. The van der Waals surface area contributed by atoms with Crippen molar-refractivity contribution in [2.24, 2.45) is 28.1 Å². The molecule has 0 amide bonds. The number of alkyl halides is 3. The number of imidazole rings is 1. The lowest BCUT2D eigenvalue weighted by atomic mass is 9.48. The van der Waals surface area contributed by atoms with Crippen LogP contribution >= 0.6 is 0 Å². The Bertz CT molecular complexity index is 3740. The summed E-state index contributed by atoms with van der Waals surface area (Å²) in [5.41, 5.74) is -3.74. The lowest BCUT2D eigenvalue weighted by Gasteiger charge is -2.60. The van der Waals surface area contributed by atoms with Gasteiger partial charge in [-0.15, -0.1) is 0 Å². The number of ether oxygens (including phenoxy) is 3. The number of hydrogen-bond donors (Lipinski definition) is 3. The van der Waals surface area contributed by atoms with Crippen LogP contribution in [0.2, 0.25) is 0 Å². The molecule has 27 heteroatoms. The van der Waals surface area contributed by atoms with E-state index in [4.69, 9.17) is 19.7 Å². The normalized spacial score (nSPS) is 19.5. The van der Waals surface area contributed by atoms with E-state index >= 15 is 0 Å². The minimum atomic E-state index is -5.27. The molecule has 5 aliphatic carbocycles. The second kappa shape index (κ2) is 35.2. The number of aromatic carboxylic acids is 1. The third kappa shape index (κ3) is 23.2. The summed E-state index contributed by atoms with van der Waals surface area (Å²) in [6.45, 7) is 24.3. The quantitative estimate of drug-likeness (QED) is 0.0106. The minimum absolute atomic E-state index is 0.00100. The molecule has 562 valence electrons. The zero-order valence-electron chi connectivity index (χ0n) is 59.3. The highest BCUT2D eigenvalue weighted by atomic mass is 32.2. The van der Waals surface area contributed by atoms with Crippen LogP contribution < -0.4 is 9.67 Å². The van der Waals surface area contributed by atoms with E-state index < -0.39 is 108 Å². The van der Waals surface area contributed by atoms with Gasteiger partial charge in [-0.05, 0) is 240 Å². The van der Waals surface area contributed by atoms with Gasteiger partial charge in [0.25, 0.3) is 0 Å². The highest BCUT2D eigenvalue weighted by molar-refractivity contribution is 7.97. The highest BCUT2D eigenvalue weighted by Crippen LogP contribution is 2.64. The van der Waals surface area contributed by atoms with Gasteiger partial charge in [-0.2, -0.15) is 13.2 Å². The summed E-state index contributed by atoms with van der Waals surface area (Å²) >= 11 is 0. The van der Waals surface area contributed by atoms with Crippen LogP contribution in [0, 0.1) is 68.8 Å². The number of carbonyl (C=O) groups excluding carboxylic acids is 3. The van der Waals surface area contributed by atoms with Crippen molar-refractivity contribution in [3.05, 3.63) is 168 Å². The van der Waals surface area contributed by atoms with Crippen molar-refractivity contribution >= 4 is 44.9 Å². The summed E-state index contributed by atoms with van der Waals surface area (Å²) < 4.78 is 180. The number of esters is 3. The van der Waals surface area contributed by atoms with E-state index in [-0.39, 0.29) is 58.2 Å². The average molecular weight is 1480 g/mol. The Morgan fingerprint density at radius 2 is 1.15 bits per heavy atom. The van der Waals surface area contributed by atoms with Crippen molar-refractivity contribution in [3.8, 4) is 11.5 Å². The number of H-pyrrole nitrogens is 1. The van der Waals surface area contributed by atoms with E-state index in [0.29, 0.717) is 43.8 Å². The lowest BCUT2D eigenvalue weighted by Crippen LogP contribution is -2.61. The maximum atomic E-state index is 13.3. The van der Waals surface area contributed by atoms with Gasteiger partial charge in [0.05, 0.1) is 48.6 Å². The van der Waals surface area contributed by atoms with E-state index in [1.165, 1.54) is 54.8 Å². The molecule has 11 rings (SSSR count). The number of aromatic hydroxyl groups is 1. The summed E-state index contributed by atoms with van der Waals surface area (Å²) in [4.78, 5) is 53.4. The van der Waals surface area contributed by atoms with Gasteiger partial charge in [0, 0.05) is 6.42 Å². The molecule has 15 nitrogen and oxygen atoms in total. The summed E-state index contributed by atoms with van der Waals surface area (Å²) in [5, 5.41) is 27.9. The maximum Gasteiger partial charge on any atom is 0.426 e. The Morgan fingerprint density at radius 1 is 0.686 bits per heavy atom. The second-order valence-electron chi connectivity index (χ2n) is 28.5. The third-order valence-electron chi connectivity index (χ3n) is 19.3. The summed E-state index contributed by atoms with van der Waals surface area (Å²) in [6, 6.07) is 26.0. The molecule has 3 N–H and O–H groups in total. The molecule has 102 heavy (non-hydrogen) atoms. The van der Waals surface area contributed by atoms with Crippen LogP contribution in [0.25, 0.3) is 0 Å². The fraction of sp³-hybridized carbons (Fsp3) is 0.507.